The maximum atomic E-state index is 13.0. The largest absolute Gasteiger partial charge is 0.478 e. The molecule has 13 heteroatoms. The van der Waals surface area contributed by atoms with Crippen LogP contribution in [-0.2, 0) is 38.1 Å². The molecule has 1 aromatic carbocycles. The highest BCUT2D eigenvalue weighted by Gasteiger charge is 2.62. The van der Waals surface area contributed by atoms with Crippen LogP contribution in [0.3, 0.4) is 0 Å². The Balaban J connectivity index is 1.30. The van der Waals surface area contributed by atoms with Gasteiger partial charge in [0.2, 0.25) is 11.8 Å². The van der Waals surface area contributed by atoms with Gasteiger partial charge in [0.1, 0.15) is 24.4 Å². The number of carbonyl (C=O) groups excluding carboxylic acids is 3. The predicted octanol–water partition coefficient (Wildman–Crippen LogP) is 0.341. The molecule has 13 nitrogen and oxygen atoms in total. The van der Waals surface area contributed by atoms with Gasteiger partial charge in [0.05, 0.1) is 12.1 Å². The monoisotopic (exact) mass is 521 g/mol. The number of ether oxygens (including phenoxy) is 5. The summed E-state index contributed by atoms with van der Waals surface area (Å²) in [6, 6.07) is 4.64. The number of hydrogen-bond donors (Lipinski definition) is 4. The molecule has 6 atom stereocenters. The number of aromatic carboxylic acids is 1. The number of fused-ring (bicyclic) bond motifs is 3. The van der Waals surface area contributed by atoms with Crippen molar-refractivity contribution in [1.82, 2.24) is 10.6 Å². The van der Waals surface area contributed by atoms with E-state index in [0.29, 0.717) is 5.69 Å². The van der Waals surface area contributed by atoms with Gasteiger partial charge >= 0.3 is 5.97 Å². The quantitative estimate of drug-likeness (QED) is 0.392. The number of benzene rings is 1. The minimum Gasteiger partial charge on any atom is -0.478 e. The fourth-order valence-electron chi connectivity index (χ4n) is 4.40. The zero-order valence-electron chi connectivity index (χ0n) is 21.1. The van der Waals surface area contributed by atoms with Crippen molar-refractivity contribution in [3.05, 3.63) is 29.8 Å². The number of nitrogens with one attached hydrogen (secondary N) is 3. The Bertz CT molecular complexity index is 1070. The van der Waals surface area contributed by atoms with Crippen LogP contribution in [0.15, 0.2) is 24.3 Å². The van der Waals surface area contributed by atoms with Crippen LogP contribution < -0.4 is 16.0 Å². The summed E-state index contributed by atoms with van der Waals surface area (Å²) in [5.41, 5.74) is 0.447. The molecule has 37 heavy (non-hydrogen) atoms. The number of rotatable bonds is 7. The van der Waals surface area contributed by atoms with Crippen LogP contribution in [0.2, 0.25) is 0 Å². The molecule has 3 fully saturated rings. The highest BCUT2D eigenvalue weighted by Crippen LogP contribution is 2.44. The molecular weight excluding hydrogens is 490 g/mol. The third kappa shape index (κ3) is 6.08. The number of hydrogen-bond acceptors (Lipinski definition) is 9. The molecule has 3 aliphatic rings. The van der Waals surface area contributed by atoms with Crippen LogP contribution in [-0.4, -0.2) is 83.7 Å². The fourth-order valence-corrected chi connectivity index (χ4v) is 4.40. The molecule has 0 aliphatic carbocycles. The summed E-state index contributed by atoms with van der Waals surface area (Å²) >= 11 is 0. The van der Waals surface area contributed by atoms with Crippen LogP contribution in [0.1, 0.15) is 45.0 Å². The summed E-state index contributed by atoms with van der Waals surface area (Å²) in [4.78, 5) is 48.7. The van der Waals surface area contributed by atoms with E-state index >= 15 is 0 Å². The molecule has 4 N–H and O–H groups in total. The third-order valence-electron chi connectivity index (χ3n) is 6.01. The summed E-state index contributed by atoms with van der Waals surface area (Å²) in [5, 5.41) is 16.5. The molecule has 202 valence electrons. The van der Waals surface area contributed by atoms with Crippen molar-refractivity contribution in [3.8, 4) is 0 Å². The first-order valence-corrected chi connectivity index (χ1v) is 11.8. The first-order valence-electron chi connectivity index (χ1n) is 11.8. The molecule has 3 saturated heterocycles. The van der Waals surface area contributed by atoms with Gasteiger partial charge in [0.25, 0.3) is 5.91 Å². The lowest BCUT2D eigenvalue weighted by atomic mass is 9.98. The van der Waals surface area contributed by atoms with Gasteiger partial charge in [0, 0.05) is 5.69 Å². The van der Waals surface area contributed by atoms with Gasteiger partial charge in [-0.3, -0.25) is 14.4 Å². The third-order valence-corrected chi connectivity index (χ3v) is 6.01. The van der Waals surface area contributed by atoms with Gasteiger partial charge in [-0.2, -0.15) is 0 Å². The van der Waals surface area contributed by atoms with E-state index < -0.39 is 78.6 Å². The lowest BCUT2D eigenvalue weighted by Crippen LogP contribution is -2.60. The lowest BCUT2D eigenvalue weighted by molar-refractivity contribution is -0.231. The van der Waals surface area contributed by atoms with Crippen LogP contribution in [0.5, 0.6) is 0 Å². The zero-order valence-corrected chi connectivity index (χ0v) is 21.1. The molecule has 0 bridgehead atoms. The minimum atomic E-state index is -1.12. The Morgan fingerprint density at radius 1 is 0.919 bits per heavy atom. The molecule has 3 aliphatic heterocycles. The molecule has 0 spiro atoms. The molecule has 4 rings (SSSR count). The van der Waals surface area contributed by atoms with Gasteiger partial charge in [-0.05, 0) is 58.9 Å². The van der Waals surface area contributed by atoms with Crippen LogP contribution in [0.4, 0.5) is 5.69 Å². The Morgan fingerprint density at radius 3 is 2.16 bits per heavy atom. The van der Waals surface area contributed by atoms with Gasteiger partial charge in [-0.1, -0.05) is 0 Å². The first-order chi connectivity index (χ1) is 17.2. The molecule has 0 radical (unpaired) electrons. The summed E-state index contributed by atoms with van der Waals surface area (Å²) < 4.78 is 29.4. The van der Waals surface area contributed by atoms with Crippen molar-refractivity contribution in [2.45, 2.75) is 82.9 Å². The Hall–Kier alpha value is -3.10. The number of carboxylic acids is 1. The van der Waals surface area contributed by atoms with E-state index in [1.54, 1.807) is 27.7 Å². The smallest absolute Gasteiger partial charge is 0.335 e. The minimum absolute atomic E-state index is 0.0766. The Kier molecular flexibility index (Phi) is 7.27. The normalized spacial score (nSPS) is 29.9. The first kappa shape index (κ1) is 26.9. The standard InChI is InChI=1S/C24H31N3O10/c1-11(19(29)27-13-8-6-12(7-9-13)21(31)32)26-14(28)10-25-20(30)17-15-16(35-23(2,3)34-15)18-22(33-17)37-24(4,5)36-18/h6-9,11,15-18,22H,10H2,1-5H3,(H,25,30)(H,26,28)(H,27,29)(H,31,32). The van der Waals surface area contributed by atoms with E-state index in [9.17, 15) is 19.2 Å². The van der Waals surface area contributed by atoms with E-state index in [-0.39, 0.29) is 5.56 Å². The van der Waals surface area contributed by atoms with E-state index in [4.69, 9.17) is 28.8 Å². The SMILES string of the molecule is CC(NC(=O)CNC(=O)C1OC2OC(C)(C)OC2C2OC(C)(C)OC12)C(=O)Nc1ccc(C(=O)O)cc1. The number of amides is 3. The van der Waals surface area contributed by atoms with Crippen LogP contribution in [0, 0.1) is 0 Å². The topological polar surface area (TPSA) is 171 Å². The second-order valence-corrected chi connectivity index (χ2v) is 9.97. The van der Waals surface area contributed by atoms with Crippen molar-refractivity contribution in [1.29, 1.82) is 0 Å². The molecule has 0 saturated carbocycles. The van der Waals surface area contributed by atoms with Gasteiger partial charge < -0.3 is 44.7 Å². The molecule has 0 aromatic heterocycles. The Labute approximate surface area is 213 Å². The van der Waals surface area contributed by atoms with Gasteiger partial charge in [-0.15, -0.1) is 0 Å². The van der Waals surface area contributed by atoms with Crippen molar-refractivity contribution in [2.75, 3.05) is 11.9 Å². The number of carboxylic acid groups (broad SMARTS) is 1. The molecule has 3 amide bonds. The van der Waals surface area contributed by atoms with Crippen molar-refractivity contribution < 1.29 is 48.0 Å². The number of carbonyl (C=O) groups is 4. The van der Waals surface area contributed by atoms with Crippen LogP contribution in [0.25, 0.3) is 0 Å². The average Bonchev–Trinajstić information content (AvgIpc) is 3.30. The van der Waals surface area contributed by atoms with E-state index in [1.807, 2.05) is 0 Å². The predicted molar refractivity (Wildman–Crippen MR) is 125 cm³/mol. The summed E-state index contributed by atoms with van der Waals surface area (Å²) in [7, 11) is 0. The highest BCUT2D eigenvalue weighted by molar-refractivity contribution is 5.98. The van der Waals surface area contributed by atoms with Crippen molar-refractivity contribution in [3.63, 3.8) is 0 Å². The Morgan fingerprint density at radius 2 is 1.51 bits per heavy atom. The van der Waals surface area contributed by atoms with E-state index in [2.05, 4.69) is 16.0 Å². The molecule has 3 heterocycles. The summed E-state index contributed by atoms with van der Waals surface area (Å²) in [6.07, 6.45) is -3.96. The molecule has 1 aromatic rings. The summed E-state index contributed by atoms with van der Waals surface area (Å²) in [6.45, 7) is 7.95. The second-order valence-electron chi connectivity index (χ2n) is 9.97. The highest BCUT2D eigenvalue weighted by atomic mass is 16.9. The van der Waals surface area contributed by atoms with E-state index in [1.165, 1.54) is 31.2 Å². The maximum absolute atomic E-state index is 13.0. The second kappa shape index (κ2) is 9.99. The van der Waals surface area contributed by atoms with Gasteiger partial charge in [0.15, 0.2) is 24.0 Å². The van der Waals surface area contributed by atoms with Crippen molar-refractivity contribution in [2.24, 2.45) is 0 Å². The molecular formula is C24H31N3O10. The van der Waals surface area contributed by atoms with Gasteiger partial charge in [-0.25, -0.2) is 4.79 Å². The lowest BCUT2D eigenvalue weighted by Gasteiger charge is -2.36. The zero-order chi connectivity index (χ0) is 27.1. The molecule has 6 unspecified atom stereocenters. The average molecular weight is 522 g/mol. The maximum Gasteiger partial charge on any atom is 0.335 e. The van der Waals surface area contributed by atoms with E-state index in [0.717, 1.165) is 0 Å². The van der Waals surface area contributed by atoms with Crippen LogP contribution >= 0.6 is 0 Å². The van der Waals surface area contributed by atoms with Crippen molar-refractivity contribution >= 4 is 29.4 Å². The summed E-state index contributed by atoms with van der Waals surface area (Å²) in [5.74, 6) is -4.72. The fraction of sp³-hybridized carbons (Fsp3) is 0.583. The number of anilines is 1.